The molecule has 0 heterocycles. The van der Waals surface area contributed by atoms with Crippen LogP contribution in [0.5, 0.6) is 0 Å². The molecule has 0 atom stereocenters. The summed E-state index contributed by atoms with van der Waals surface area (Å²) in [5.74, 6) is 9.35. The zero-order chi connectivity index (χ0) is 29.8. The Balaban J connectivity index is -0.000000129. The molecule has 6 N–H and O–H groups in total. The molecule has 2 aliphatic carbocycles. The molecule has 0 aromatic carbocycles. The summed E-state index contributed by atoms with van der Waals surface area (Å²) in [6.07, 6.45) is 0. The zero-order valence-electron chi connectivity index (χ0n) is 23.9. The van der Waals surface area contributed by atoms with Crippen LogP contribution in [-0.2, 0) is 42.0 Å². The average Bonchev–Trinajstić information content (AvgIpc) is 2.96. The van der Waals surface area contributed by atoms with Gasteiger partial charge in [-0.3, -0.25) is 9.11 Å². The first-order valence-corrected chi connectivity index (χ1v) is 14.6. The normalized spacial score (nSPS) is 34.2. The predicted octanol–water partition coefficient (Wildman–Crippen LogP) is 5.50. The molecule has 0 bridgehead atoms. The van der Waals surface area contributed by atoms with E-state index in [0.717, 1.165) is 59.2 Å². The molecule has 0 aliphatic heterocycles. The number of hydrogen-bond donors (Lipinski definition) is 2. The summed E-state index contributed by atoms with van der Waals surface area (Å²) in [4.78, 5) is 0. The van der Waals surface area contributed by atoms with Gasteiger partial charge >= 0.3 is 53.0 Å². The molecule has 0 aromatic rings. The first-order valence-electron chi connectivity index (χ1n) is 11.7. The molecule has 0 amide bonds. The van der Waals surface area contributed by atoms with Crippen LogP contribution < -0.4 is 0 Å². The Morgan fingerprint density at radius 1 is 0.410 bits per heavy atom. The predicted molar refractivity (Wildman–Crippen MR) is 134 cm³/mol. The summed E-state index contributed by atoms with van der Waals surface area (Å²) in [5.41, 5.74) is -11.1. The number of halogens is 6. The zero-order valence-corrected chi connectivity index (χ0v) is 27.1. The molecule has 39 heavy (non-hydrogen) atoms. The molecule has 0 spiro atoms. The minimum absolute atomic E-state index is 0. The van der Waals surface area contributed by atoms with Crippen LogP contribution in [0.25, 0.3) is 0 Å². The maximum Gasteiger partial charge on any atom is 2.00 e. The van der Waals surface area contributed by atoms with Gasteiger partial charge in [0.1, 0.15) is 0 Å². The van der Waals surface area contributed by atoms with Crippen molar-refractivity contribution in [1.29, 1.82) is 0 Å². The van der Waals surface area contributed by atoms with Gasteiger partial charge in [0.15, 0.2) is 0 Å². The molecule has 0 aromatic heterocycles. The topological polar surface area (TPSA) is 172 Å². The van der Waals surface area contributed by atoms with Crippen molar-refractivity contribution in [3.63, 3.8) is 0 Å². The summed E-state index contributed by atoms with van der Waals surface area (Å²) in [6, 6.07) is 0. The van der Waals surface area contributed by atoms with Crippen molar-refractivity contribution in [2.45, 2.75) is 80.3 Å². The summed E-state index contributed by atoms with van der Waals surface area (Å²) in [5, 5.41) is 0. The molecule has 8 nitrogen and oxygen atoms in total. The SMILES string of the molecule is CC1C(C)C(C)C(C)C1C.CC1C(C)C(C)C(C)C1C.O.O.O=S(=O)(O)C(F)(F)F.O=S(=O)(O)C(F)(F)F.[Ti+2]. The van der Waals surface area contributed by atoms with E-state index in [-0.39, 0.29) is 32.7 Å². The van der Waals surface area contributed by atoms with Gasteiger partial charge in [-0.05, 0) is 59.2 Å². The maximum absolute atomic E-state index is 10.7. The van der Waals surface area contributed by atoms with Crippen molar-refractivity contribution in [2.24, 2.45) is 59.2 Å². The van der Waals surface area contributed by atoms with Gasteiger partial charge in [0, 0.05) is 0 Å². The fourth-order valence-electron chi connectivity index (χ4n) is 4.79. The number of rotatable bonds is 0. The van der Waals surface area contributed by atoms with Crippen molar-refractivity contribution in [3.8, 4) is 0 Å². The second-order valence-corrected chi connectivity index (χ2v) is 13.3. The van der Waals surface area contributed by atoms with Crippen molar-refractivity contribution < 1.29 is 85.0 Å². The van der Waals surface area contributed by atoms with E-state index in [0.29, 0.717) is 0 Å². The molecule has 2 fully saturated rings. The minimum atomic E-state index is -5.84. The van der Waals surface area contributed by atoms with E-state index in [9.17, 15) is 26.3 Å². The van der Waals surface area contributed by atoms with Crippen LogP contribution in [0.3, 0.4) is 0 Å². The largest absolute Gasteiger partial charge is 2.00 e. The van der Waals surface area contributed by atoms with Gasteiger partial charge in [0.05, 0.1) is 0 Å². The monoisotopic (exact) mass is 664 g/mol. The Morgan fingerprint density at radius 3 is 0.487 bits per heavy atom. The van der Waals surface area contributed by atoms with Gasteiger partial charge in [0.25, 0.3) is 0 Å². The fourth-order valence-corrected chi connectivity index (χ4v) is 4.79. The Hall–Kier alpha value is 0.0343. The summed E-state index contributed by atoms with van der Waals surface area (Å²) >= 11 is 0. The molecular formula is C22H46F6O8S2Ti+2. The average molecular weight is 665 g/mol. The van der Waals surface area contributed by atoms with E-state index in [1.807, 2.05) is 0 Å². The van der Waals surface area contributed by atoms with Gasteiger partial charge in [0.2, 0.25) is 0 Å². The van der Waals surface area contributed by atoms with E-state index in [4.69, 9.17) is 25.9 Å². The first-order chi connectivity index (χ1) is 15.6. The molecule has 238 valence electrons. The molecule has 0 unspecified atom stereocenters. The molecule has 2 rings (SSSR count). The Labute approximate surface area is 244 Å². The van der Waals surface area contributed by atoms with Crippen molar-refractivity contribution in [2.75, 3.05) is 0 Å². The van der Waals surface area contributed by atoms with Crippen molar-refractivity contribution in [1.82, 2.24) is 0 Å². The van der Waals surface area contributed by atoms with E-state index >= 15 is 0 Å². The minimum Gasteiger partial charge on any atom is -0.412 e. The third-order valence-corrected chi connectivity index (χ3v) is 10.0. The molecule has 17 heteroatoms. The third-order valence-electron chi connectivity index (χ3n) is 8.88. The molecule has 2 aliphatic rings. The Bertz CT molecular complexity index is 722. The molecular weight excluding hydrogens is 618 g/mol. The van der Waals surface area contributed by atoms with Crippen molar-refractivity contribution >= 4 is 20.2 Å². The van der Waals surface area contributed by atoms with Gasteiger partial charge in [-0.1, -0.05) is 69.2 Å². The third kappa shape index (κ3) is 14.7. The quantitative estimate of drug-likeness (QED) is 0.150. The van der Waals surface area contributed by atoms with E-state index in [1.54, 1.807) is 0 Å². The van der Waals surface area contributed by atoms with Crippen molar-refractivity contribution in [3.05, 3.63) is 0 Å². The second kappa shape index (κ2) is 17.9. The standard InChI is InChI=1S/2C10H20.2CHF3O3S.2H2O.Ti/c2*1-6-7(2)9(4)10(5)8(6)3;2*2-1(3,4)8(5,6)7;;;/h2*6-10H,1-5H3;2*(H,5,6,7);2*1H2;/q;;;;;;+2. The molecule has 0 saturated heterocycles. The second-order valence-electron chi connectivity index (χ2n) is 10.4. The van der Waals surface area contributed by atoms with E-state index in [1.165, 1.54) is 0 Å². The van der Waals surface area contributed by atoms with Crippen LogP contribution in [-0.4, -0.2) is 47.9 Å². The van der Waals surface area contributed by atoms with Crippen LogP contribution in [0.1, 0.15) is 69.2 Å². The van der Waals surface area contributed by atoms with Crippen LogP contribution >= 0.6 is 0 Å². The fraction of sp³-hybridized carbons (Fsp3) is 1.00. The smallest absolute Gasteiger partial charge is 0.412 e. The van der Waals surface area contributed by atoms with E-state index in [2.05, 4.69) is 69.2 Å². The van der Waals surface area contributed by atoms with Gasteiger partial charge in [-0.15, -0.1) is 0 Å². The Kier molecular flexibility index (Phi) is 22.3. The van der Waals surface area contributed by atoms with Gasteiger partial charge in [-0.2, -0.15) is 43.2 Å². The maximum atomic E-state index is 10.7. The number of hydrogen-bond acceptors (Lipinski definition) is 4. The van der Waals surface area contributed by atoms with Crippen LogP contribution in [0.4, 0.5) is 26.3 Å². The molecule has 2 saturated carbocycles. The summed E-state index contributed by atoms with van der Waals surface area (Å²) in [7, 11) is -11.7. The first kappa shape index (κ1) is 48.7. The van der Waals surface area contributed by atoms with Crippen LogP contribution in [0.15, 0.2) is 0 Å². The van der Waals surface area contributed by atoms with Crippen LogP contribution in [0.2, 0.25) is 0 Å². The van der Waals surface area contributed by atoms with Gasteiger partial charge < -0.3 is 11.0 Å². The van der Waals surface area contributed by atoms with Gasteiger partial charge in [-0.25, -0.2) is 0 Å². The summed E-state index contributed by atoms with van der Waals surface area (Å²) in [6.45, 7) is 24.0. The van der Waals surface area contributed by atoms with E-state index < -0.39 is 31.3 Å². The summed E-state index contributed by atoms with van der Waals surface area (Å²) < 4.78 is 115. The number of alkyl halides is 6. The molecule has 0 radical (unpaired) electrons. The van der Waals surface area contributed by atoms with Crippen LogP contribution in [0, 0.1) is 59.2 Å². The Morgan fingerprint density at radius 2 is 0.462 bits per heavy atom.